The van der Waals surface area contributed by atoms with Gasteiger partial charge in [0, 0.05) is 0 Å². The lowest BCUT2D eigenvalue weighted by Gasteiger charge is -2.36. The van der Waals surface area contributed by atoms with E-state index in [9.17, 15) is 40.2 Å². The second-order valence-electron chi connectivity index (χ2n) is 4.91. The minimum absolute atomic E-state index is 0.530. The Hall–Kier alpha value is -1.18. The highest BCUT2D eigenvalue weighted by Gasteiger charge is 2.46. The molecule has 0 amide bonds. The summed E-state index contributed by atoms with van der Waals surface area (Å²) in [7, 11) is 0. The van der Waals surface area contributed by atoms with Crippen LogP contribution in [0.1, 0.15) is 0 Å². The van der Waals surface area contributed by atoms with Gasteiger partial charge in [0.2, 0.25) is 0 Å². The van der Waals surface area contributed by atoms with E-state index < -0.39 is 67.2 Å². The zero-order valence-electron chi connectivity index (χ0n) is 11.1. The SMILES string of the molecule is O=C(O)[C@@H](O)[C@H](O)[C@H](O)[C@@H](O)C(=O)C1OC[C@@H](O)[C@H](O)[C@H]1O. The minimum atomic E-state index is -2.46. The molecule has 1 rings (SSSR count). The fourth-order valence-corrected chi connectivity index (χ4v) is 1.91. The van der Waals surface area contributed by atoms with Crippen molar-refractivity contribution in [3.63, 3.8) is 0 Å². The summed E-state index contributed by atoms with van der Waals surface area (Å²) in [5.74, 6) is -3.25. The molecule has 0 aliphatic carbocycles. The molecule has 1 aliphatic rings. The molecule has 8 atom stereocenters. The first kappa shape index (κ1) is 18.9. The molecule has 0 aromatic heterocycles. The van der Waals surface area contributed by atoms with Gasteiger partial charge in [-0.25, -0.2) is 4.79 Å². The topological polar surface area (TPSA) is 205 Å². The van der Waals surface area contributed by atoms with E-state index in [1.165, 1.54) is 0 Å². The highest BCUT2D eigenvalue weighted by Crippen LogP contribution is 2.19. The quantitative estimate of drug-likeness (QED) is 0.231. The van der Waals surface area contributed by atoms with E-state index in [0.29, 0.717) is 0 Å². The Morgan fingerprint density at radius 1 is 0.909 bits per heavy atom. The maximum atomic E-state index is 11.9. The Bertz CT molecular complexity index is 413. The van der Waals surface area contributed by atoms with Gasteiger partial charge in [-0.15, -0.1) is 0 Å². The van der Waals surface area contributed by atoms with E-state index in [4.69, 9.17) is 14.9 Å². The number of Topliss-reactive ketones (excluding diaryl/α,β-unsaturated/α-hetero) is 1. The second-order valence-corrected chi connectivity index (χ2v) is 4.91. The smallest absolute Gasteiger partial charge is 0.335 e. The van der Waals surface area contributed by atoms with Crippen LogP contribution in [-0.4, -0.2) is 108 Å². The molecular formula is C11H18O11. The molecule has 128 valence electrons. The second kappa shape index (κ2) is 7.39. The van der Waals surface area contributed by atoms with Crippen LogP contribution in [0.4, 0.5) is 0 Å². The van der Waals surface area contributed by atoms with E-state index in [2.05, 4.69) is 0 Å². The monoisotopic (exact) mass is 326 g/mol. The highest BCUT2D eigenvalue weighted by molar-refractivity contribution is 5.88. The van der Waals surface area contributed by atoms with Crippen LogP contribution in [0.15, 0.2) is 0 Å². The number of carbonyl (C=O) groups excluding carboxylic acids is 1. The molecule has 0 aromatic rings. The first-order valence-corrected chi connectivity index (χ1v) is 6.24. The van der Waals surface area contributed by atoms with Crippen molar-refractivity contribution in [3.8, 4) is 0 Å². The first-order chi connectivity index (χ1) is 10.1. The van der Waals surface area contributed by atoms with Gasteiger partial charge in [0.05, 0.1) is 6.61 Å². The maximum Gasteiger partial charge on any atom is 0.335 e. The summed E-state index contributed by atoms with van der Waals surface area (Å²) in [6.45, 7) is -0.530. The highest BCUT2D eigenvalue weighted by atomic mass is 16.5. The van der Waals surface area contributed by atoms with Crippen LogP contribution in [-0.2, 0) is 14.3 Å². The Kier molecular flexibility index (Phi) is 6.34. The van der Waals surface area contributed by atoms with Crippen LogP contribution in [0.5, 0.6) is 0 Å². The van der Waals surface area contributed by atoms with Crippen molar-refractivity contribution >= 4 is 11.8 Å². The zero-order valence-corrected chi connectivity index (χ0v) is 11.1. The van der Waals surface area contributed by atoms with E-state index >= 15 is 0 Å². The van der Waals surface area contributed by atoms with Crippen LogP contribution in [0.25, 0.3) is 0 Å². The normalized spacial score (nSPS) is 34.5. The molecule has 0 aromatic carbocycles. The third-order valence-electron chi connectivity index (χ3n) is 3.32. The van der Waals surface area contributed by atoms with Gasteiger partial charge in [-0.2, -0.15) is 0 Å². The number of rotatable bonds is 6. The molecule has 11 heteroatoms. The number of ether oxygens (including phenoxy) is 1. The van der Waals surface area contributed by atoms with Crippen molar-refractivity contribution in [1.82, 2.24) is 0 Å². The molecule has 0 spiro atoms. The maximum absolute atomic E-state index is 11.9. The Labute approximate surface area is 123 Å². The number of carbonyl (C=O) groups is 2. The average molecular weight is 326 g/mol. The molecule has 0 radical (unpaired) electrons. The molecule has 11 nitrogen and oxygen atoms in total. The minimum Gasteiger partial charge on any atom is -0.479 e. The number of aliphatic hydroxyl groups is 7. The molecule has 1 unspecified atom stereocenters. The molecule has 0 saturated carbocycles. The largest absolute Gasteiger partial charge is 0.479 e. The van der Waals surface area contributed by atoms with Gasteiger partial charge < -0.3 is 45.6 Å². The van der Waals surface area contributed by atoms with Crippen molar-refractivity contribution in [2.75, 3.05) is 6.61 Å². The van der Waals surface area contributed by atoms with Crippen LogP contribution in [0.2, 0.25) is 0 Å². The summed E-state index contributed by atoms with van der Waals surface area (Å²) in [5.41, 5.74) is 0. The standard InChI is InChI=1S/C11H18O11/c12-2-1-22-10(7(17)3(2)13)8(18)5(15)4(14)6(16)9(19)11(20)21/h2-7,9-10,12-17,19H,1H2,(H,20,21)/t2-,3+,4-,5-,6-,7-,9+,10?/m1/s1. The van der Waals surface area contributed by atoms with Gasteiger partial charge in [-0.3, -0.25) is 4.79 Å². The number of aliphatic hydroxyl groups excluding tert-OH is 7. The number of aliphatic carboxylic acids is 1. The van der Waals surface area contributed by atoms with Crippen LogP contribution in [0, 0.1) is 0 Å². The zero-order chi connectivity index (χ0) is 17.2. The van der Waals surface area contributed by atoms with Gasteiger partial charge in [-0.1, -0.05) is 0 Å². The summed E-state index contributed by atoms with van der Waals surface area (Å²) in [4.78, 5) is 22.3. The van der Waals surface area contributed by atoms with E-state index in [0.717, 1.165) is 0 Å². The van der Waals surface area contributed by atoms with Crippen molar-refractivity contribution < 1.29 is 55.2 Å². The molecular weight excluding hydrogens is 308 g/mol. The van der Waals surface area contributed by atoms with Crippen molar-refractivity contribution in [1.29, 1.82) is 0 Å². The van der Waals surface area contributed by atoms with Crippen molar-refractivity contribution in [2.24, 2.45) is 0 Å². The van der Waals surface area contributed by atoms with Gasteiger partial charge in [0.1, 0.15) is 42.7 Å². The Morgan fingerprint density at radius 3 is 1.91 bits per heavy atom. The third-order valence-corrected chi connectivity index (χ3v) is 3.32. The number of ketones is 1. The van der Waals surface area contributed by atoms with Crippen LogP contribution >= 0.6 is 0 Å². The molecule has 22 heavy (non-hydrogen) atoms. The summed E-state index contributed by atoms with van der Waals surface area (Å²) >= 11 is 0. The Morgan fingerprint density at radius 2 is 1.41 bits per heavy atom. The van der Waals surface area contributed by atoms with Crippen LogP contribution in [0.3, 0.4) is 0 Å². The number of hydrogen-bond acceptors (Lipinski definition) is 10. The third kappa shape index (κ3) is 3.77. The summed E-state index contributed by atoms with van der Waals surface area (Å²) in [5, 5.41) is 74.2. The fraction of sp³-hybridized carbons (Fsp3) is 0.818. The lowest BCUT2D eigenvalue weighted by Crippen LogP contribution is -2.60. The van der Waals surface area contributed by atoms with E-state index in [-0.39, 0.29) is 0 Å². The predicted molar refractivity (Wildman–Crippen MR) is 64.4 cm³/mol. The summed E-state index contributed by atoms with van der Waals surface area (Å²) in [6, 6.07) is 0. The molecule has 1 heterocycles. The molecule has 1 fully saturated rings. The lowest BCUT2D eigenvalue weighted by atomic mass is 9.91. The average Bonchev–Trinajstić information content (AvgIpc) is 2.49. The molecule has 1 aliphatic heterocycles. The molecule has 8 N–H and O–H groups in total. The summed E-state index contributed by atoms with van der Waals surface area (Å²) < 4.78 is 4.75. The molecule has 0 bridgehead atoms. The first-order valence-electron chi connectivity index (χ1n) is 6.24. The molecule has 1 saturated heterocycles. The van der Waals surface area contributed by atoms with Gasteiger partial charge >= 0.3 is 5.97 Å². The van der Waals surface area contributed by atoms with Crippen molar-refractivity contribution in [2.45, 2.75) is 48.8 Å². The number of hydrogen-bond donors (Lipinski definition) is 8. The summed E-state index contributed by atoms with van der Waals surface area (Å²) in [6.07, 6.45) is -16.5. The van der Waals surface area contributed by atoms with Gasteiger partial charge in [-0.05, 0) is 0 Å². The number of carboxylic acids is 1. The fourth-order valence-electron chi connectivity index (χ4n) is 1.91. The van der Waals surface area contributed by atoms with E-state index in [1.54, 1.807) is 0 Å². The van der Waals surface area contributed by atoms with Gasteiger partial charge in [0.25, 0.3) is 0 Å². The number of carboxylic acid groups (broad SMARTS) is 1. The Balaban J connectivity index is 2.77. The van der Waals surface area contributed by atoms with Crippen molar-refractivity contribution in [3.05, 3.63) is 0 Å². The van der Waals surface area contributed by atoms with Crippen LogP contribution < -0.4 is 0 Å². The predicted octanol–water partition coefficient (Wildman–Crippen LogP) is -5.43. The van der Waals surface area contributed by atoms with E-state index in [1.807, 2.05) is 0 Å². The lowest BCUT2D eigenvalue weighted by molar-refractivity contribution is -0.200. The van der Waals surface area contributed by atoms with Gasteiger partial charge in [0.15, 0.2) is 11.9 Å².